The van der Waals surface area contributed by atoms with Gasteiger partial charge in [-0.15, -0.1) is 0 Å². The normalized spacial score (nSPS) is 28.5. The summed E-state index contributed by atoms with van der Waals surface area (Å²) in [6.45, 7) is 0.544. The van der Waals surface area contributed by atoms with Crippen molar-refractivity contribution in [1.29, 1.82) is 0 Å². The Morgan fingerprint density at radius 2 is 2.54 bits per heavy atom. The number of carbonyl (C=O) groups excluding carboxylic acids is 1. The van der Waals surface area contributed by atoms with Gasteiger partial charge >= 0.3 is 0 Å². The van der Waals surface area contributed by atoms with E-state index >= 15 is 0 Å². The van der Waals surface area contributed by atoms with Crippen LogP contribution in [-0.4, -0.2) is 44.9 Å². The van der Waals surface area contributed by atoms with Crippen molar-refractivity contribution in [3.8, 4) is 0 Å². The van der Waals surface area contributed by atoms with E-state index in [2.05, 4.69) is 15.4 Å². The van der Waals surface area contributed by atoms with Gasteiger partial charge in [-0.05, 0) is 0 Å². The summed E-state index contributed by atoms with van der Waals surface area (Å²) in [6, 6.07) is 0. The highest BCUT2D eigenvalue weighted by molar-refractivity contribution is 5.87. The van der Waals surface area contributed by atoms with Crippen molar-refractivity contribution in [3.05, 3.63) is 11.9 Å². The Labute approximate surface area is 74.6 Å². The minimum Gasteiger partial charge on any atom is -0.374 e. The second kappa shape index (κ2) is 2.53. The van der Waals surface area contributed by atoms with Gasteiger partial charge in [-0.3, -0.25) is 4.79 Å². The molecule has 1 aromatic rings. The maximum atomic E-state index is 11.5. The molecule has 0 aliphatic carbocycles. The Hall–Kier alpha value is -1.43. The van der Waals surface area contributed by atoms with Gasteiger partial charge in [0.15, 0.2) is 5.60 Å². The first-order valence-corrected chi connectivity index (χ1v) is 3.99. The number of amides is 1. The Kier molecular flexibility index (Phi) is 1.59. The van der Waals surface area contributed by atoms with Crippen molar-refractivity contribution < 1.29 is 9.90 Å². The minimum absolute atomic E-state index is 0.293. The van der Waals surface area contributed by atoms with Crippen molar-refractivity contribution in [2.45, 2.75) is 12.0 Å². The quantitative estimate of drug-likeness (QED) is 0.574. The van der Waals surface area contributed by atoms with E-state index in [0.29, 0.717) is 18.7 Å². The Morgan fingerprint density at radius 3 is 3.00 bits per heavy atom. The van der Waals surface area contributed by atoms with Crippen LogP contribution in [0.1, 0.15) is 12.1 Å². The number of aromatic amines is 1. The Balaban J connectivity index is 2.37. The van der Waals surface area contributed by atoms with Crippen LogP contribution in [0.4, 0.5) is 0 Å². The molecule has 0 bridgehead atoms. The molecule has 0 saturated carbocycles. The third kappa shape index (κ3) is 1.02. The molecular weight excluding hydrogens is 172 g/mol. The van der Waals surface area contributed by atoms with Crippen LogP contribution < -0.4 is 0 Å². The number of hydrogen-bond acceptors (Lipinski definition) is 4. The van der Waals surface area contributed by atoms with Gasteiger partial charge in [-0.1, -0.05) is 0 Å². The molecule has 6 nitrogen and oxygen atoms in total. The molecule has 0 radical (unpaired) electrons. The zero-order valence-electron chi connectivity index (χ0n) is 7.19. The van der Waals surface area contributed by atoms with Gasteiger partial charge in [0, 0.05) is 20.0 Å². The molecule has 1 atom stereocenters. The van der Waals surface area contributed by atoms with Crippen LogP contribution in [-0.2, 0) is 10.4 Å². The van der Waals surface area contributed by atoms with Crippen LogP contribution in [0, 0.1) is 0 Å². The molecule has 2 rings (SSSR count). The van der Waals surface area contributed by atoms with Gasteiger partial charge in [-0.2, -0.15) is 15.4 Å². The molecule has 1 saturated heterocycles. The predicted octanol–water partition coefficient (Wildman–Crippen LogP) is -1.15. The molecule has 2 N–H and O–H groups in total. The van der Waals surface area contributed by atoms with Crippen molar-refractivity contribution in [2.75, 3.05) is 13.6 Å². The van der Waals surface area contributed by atoms with Crippen LogP contribution in [0.2, 0.25) is 0 Å². The van der Waals surface area contributed by atoms with Crippen molar-refractivity contribution in [3.63, 3.8) is 0 Å². The summed E-state index contributed by atoms with van der Waals surface area (Å²) >= 11 is 0. The Morgan fingerprint density at radius 1 is 1.77 bits per heavy atom. The largest absolute Gasteiger partial charge is 0.374 e. The second-order valence-corrected chi connectivity index (χ2v) is 3.19. The number of likely N-dealkylation sites (N-methyl/N-ethyl adjacent to an activating group) is 1. The monoisotopic (exact) mass is 182 g/mol. The fraction of sp³-hybridized carbons (Fsp3) is 0.571. The molecule has 1 unspecified atom stereocenters. The SMILES string of the molecule is CN1CCC(O)(c2cn[nH]n2)C1=O. The summed E-state index contributed by atoms with van der Waals surface area (Å²) in [5.41, 5.74) is -1.18. The minimum atomic E-state index is -1.47. The molecule has 1 amide bonds. The lowest BCUT2D eigenvalue weighted by atomic mass is 9.99. The third-order valence-electron chi connectivity index (χ3n) is 2.35. The van der Waals surface area contributed by atoms with E-state index in [9.17, 15) is 9.90 Å². The zero-order valence-corrected chi connectivity index (χ0v) is 7.19. The predicted molar refractivity (Wildman–Crippen MR) is 42.5 cm³/mol. The van der Waals surface area contributed by atoms with Crippen molar-refractivity contribution >= 4 is 5.91 Å². The van der Waals surface area contributed by atoms with Crippen molar-refractivity contribution in [1.82, 2.24) is 20.3 Å². The lowest BCUT2D eigenvalue weighted by molar-refractivity contribution is -0.143. The van der Waals surface area contributed by atoms with E-state index in [0.717, 1.165) is 0 Å². The number of H-pyrrole nitrogens is 1. The molecule has 0 spiro atoms. The van der Waals surface area contributed by atoms with Gasteiger partial charge in [0.25, 0.3) is 5.91 Å². The van der Waals surface area contributed by atoms with E-state index in [1.165, 1.54) is 11.1 Å². The molecule has 0 aromatic carbocycles. The Bertz CT molecular complexity index is 323. The van der Waals surface area contributed by atoms with Crippen LogP contribution in [0.3, 0.4) is 0 Å². The highest BCUT2D eigenvalue weighted by atomic mass is 16.3. The van der Waals surface area contributed by atoms with E-state index in [4.69, 9.17) is 0 Å². The van der Waals surface area contributed by atoms with E-state index < -0.39 is 5.60 Å². The number of aromatic nitrogens is 3. The van der Waals surface area contributed by atoms with Crippen LogP contribution in [0.25, 0.3) is 0 Å². The van der Waals surface area contributed by atoms with Gasteiger partial charge in [-0.25, -0.2) is 0 Å². The summed E-state index contributed by atoms with van der Waals surface area (Å²) < 4.78 is 0. The fourth-order valence-corrected chi connectivity index (χ4v) is 1.49. The van der Waals surface area contributed by atoms with Gasteiger partial charge < -0.3 is 10.0 Å². The number of carbonyl (C=O) groups is 1. The van der Waals surface area contributed by atoms with Crippen LogP contribution >= 0.6 is 0 Å². The van der Waals surface area contributed by atoms with E-state index in [1.807, 2.05) is 0 Å². The summed E-state index contributed by atoms with van der Waals surface area (Å²) in [5.74, 6) is -0.318. The van der Waals surface area contributed by atoms with E-state index in [-0.39, 0.29) is 5.91 Å². The molecular formula is C7H10N4O2. The zero-order chi connectivity index (χ0) is 9.47. The number of aliphatic hydroxyl groups is 1. The number of likely N-dealkylation sites (tertiary alicyclic amines) is 1. The molecule has 13 heavy (non-hydrogen) atoms. The first-order chi connectivity index (χ1) is 6.14. The first-order valence-electron chi connectivity index (χ1n) is 3.99. The lowest BCUT2D eigenvalue weighted by Gasteiger charge is -2.16. The smallest absolute Gasteiger partial charge is 0.260 e. The number of rotatable bonds is 1. The summed E-state index contributed by atoms with van der Waals surface area (Å²) in [7, 11) is 1.65. The molecule has 1 aliphatic heterocycles. The molecule has 1 aromatic heterocycles. The number of nitrogens with one attached hydrogen (secondary N) is 1. The number of hydrogen-bond donors (Lipinski definition) is 2. The highest BCUT2D eigenvalue weighted by Gasteiger charge is 2.47. The molecule has 6 heteroatoms. The summed E-state index contributed by atoms with van der Waals surface area (Å²) in [5, 5.41) is 19.6. The van der Waals surface area contributed by atoms with Gasteiger partial charge in [0.2, 0.25) is 0 Å². The summed E-state index contributed by atoms with van der Waals surface area (Å²) in [4.78, 5) is 13.0. The second-order valence-electron chi connectivity index (χ2n) is 3.19. The molecule has 2 heterocycles. The van der Waals surface area contributed by atoms with Crippen LogP contribution in [0.5, 0.6) is 0 Å². The number of nitrogens with zero attached hydrogens (tertiary/aromatic N) is 3. The lowest BCUT2D eigenvalue weighted by Crippen LogP contribution is -2.36. The van der Waals surface area contributed by atoms with Gasteiger partial charge in [0.1, 0.15) is 5.69 Å². The maximum Gasteiger partial charge on any atom is 0.260 e. The highest BCUT2D eigenvalue weighted by Crippen LogP contribution is 2.30. The average molecular weight is 182 g/mol. The molecule has 1 fully saturated rings. The fourth-order valence-electron chi connectivity index (χ4n) is 1.49. The van der Waals surface area contributed by atoms with Crippen molar-refractivity contribution in [2.24, 2.45) is 0 Å². The first kappa shape index (κ1) is 8.18. The topological polar surface area (TPSA) is 82.1 Å². The maximum absolute atomic E-state index is 11.5. The van der Waals surface area contributed by atoms with Gasteiger partial charge in [0.05, 0.1) is 6.20 Å². The molecule has 70 valence electrons. The van der Waals surface area contributed by atoms with Crippen LogP contribution in [0.15, 0.2) is 6.20 Å². The molecule has 1 aliphatic rings. The van der Waals surface area contributed by atoms with E-state index in [1.54, 1.807) is 7.05 Å². The standard InChI is InChI=1S/C7H10N4O2/c1-11-3-2-7(13,6(11)12)5-4-8-10-9-5/h4,13H,2-3H2,1H3,(H,8,9,10). The third-order valence-corrected chi connectivity index (χ3v) is 2.35. The summed E-state index contributed by atoms with van der Waals surface area (Å²) in [6.07, 6.45) is 1.74. The average Bonchev–Trinajstić information content (AvgIpc) is 2.71.